The highest BCUT2D eigenvalue weighted by Gasteiger charge is 2.24. The molecule has 1 aliphatic heterocycles. The fourth-order valence-corrected chi connectivity index (χ4v) is 2.24. The number of urea groups is 1. The molecular formula is C14H22N4O2. The zero-order valence-corrected chi connectivity index (χ0v) is 12.1. The Bertz CT molecular complexity index is 469. The van der Waals surface area contributed by atoms with Gasteiger partial charge in [-0.25, -0.2) is 4.79 Å². The summed E-state index contributed by atoms with van der Waals surface area (Å²) >= 11 is 0. The molecule has 0 aromatic carbocycles. The van der Waals surface area contributed by atoms with Crippen molar-refractivity contribution >= 4 is 6.03 Å². The van der Waals surface area contributed by atoms with Crippen molar-refractivity contribution in [2.75, 3.05) is 13.1 Å². The molecule has 1 aromatic heterocycles. The minimum atomic E-state index is -0.0852. The van der Waals surface area contributed by atoms with Crippen molar-refractivity contribution in [2.45, 2.75) is 33.2 Å². The lowest BCUT2D eigenvalue weighted by molar-refractivity contribution is 0.205. The molecule has 2 rings (SSSR count). The molecule has 1 N–H and O–H groups in total. The summed E-state index contributed by atoms with van der Waals surface area (Å²) in [6.07, 6.45) is 3.67. The number of hydrogen-bond donors (Lipinski definition) is 1. The molecule has 0 spiro atoms. The summed E-state index contributed by atoms with van der Waals surface area (Å²) in [6, 6.07) is -0.0852. The summed E-state index contributed by atoms with van der Waals surface area (Å²) in [7, 11) is 0. The Balaban J connectivity index is 1.78. The van der Waals surface area contributed by atoms with Crippen molar-refractivity contribution < 1.29 is 9.32 Å². The lowest BCUT2D eigenvalue weighted by Crippen LogP contribution is -2.38. The van der Waals surface area contributed by atoms with E-state index in [0.29, 0.717) is 23.6 Å². The summed E-state index contributed by atoms with van der Waals surface area (Å²) in [5.41, 5.74) is 0. The molecule has 0 saturated carbocycles. The average Bonchev–Trinajstić information content (AvgIpc) is 3.04. The van der Waals surface area contributed by atoms with E-state index in [1.807, 2.05) is 6.08 Å². The van der Waals surface area contributed by atoms with Crippen molar-refractivity contribution in [3.8, 4) is 0 Å². The standard InChI is InChI=1S/C14H22N4O2/c1-4-11-5-6-18(9-11)14(19)15-8-13-16-12(17-20-13)7-10(2)3/h4,10-11H,1,5-9H2,2-3H3,(H,15,19). The molecular weight excluding hydrogens is 256 g/mol. The van der Waals surface area contributed by atoms with Gasteiger partial charge in [-0.05, 0) is 18.3 Å². The molecule has 0 radical (unpaired) electrons. The summed E-state index contributed by atoms with van der Waals surface area (Å²) < 4.78 is 5.11. The van der Waals surface area contributed by atoms with E-state index in [0.717, 1.165) is 25.9 Å². The molecule has 0 aliphatic carbocycles. The summed E-state index contributed by atoms with van der Waals surface area (Å²) in [5, 5.41) is 6.70. The van der Waals surface area contributed by atoms with E-state index in [9.17, 15) is 4.79 Å². The van der Waals surface area contributed by atoms with Crippen LogP contribution in [0.5, 0.6) is 0 Å². The van der Waals surface area contributed by atoms with E-state index in [-0.39, 0.29) is 12.6 Å². The first-order valence-corrected chi connectivity index (χ1v) is 7.05. The molecule has 110 valence electrons. The summed E-state index contributed by atoms with van der Waals surface area (Å²) in [5.74, 6) is 2.03. The minimum Gasteiger partial charge on any atom is -0.337 e. The molecule has 6 heteroatoms. The number of likely N-dealkylation sites (tertiary alicyclic amines) is 1. The number of carbonyl (C=O) groups is 1. The largest absolute Gasteiger partial charge is 0.337 e. The first-order chi connectivity index (χ1) is 9.58. The fourth-order valence-electron chi connectivity index (χ4n) is 2.24. The normalized spacial score (nSPS) is 18.6. The number of nitrogens with zero attached hydrogens (tertiary/aromatic N) is 3. The first-order valence-electron chi connectivity index (χ1n) is 7.05. The Labute approximate surface area is 119 Å². The molecule has 2 heterocycles. The van der Waals surface area contributed by atoms with Crippen LogP contribution in [0, 0.1) is 11.8 Å². The van der Waals surface area contributed by atoms with Crippen LogP contribution in [0.15, 0.2) is 17.2 Å². The van der Waals surface area contributed by atoms with Gasteiger partial charge >= 0.3 is 6.03 Å². The third-order valence-corrected chi connectivity index (χ3v) is 3.34. The van der Waals surface area contributed by atoms with E-state index >= 15 is 0 Å². The number of nitrogens with one attached hydrogen (secondary N) is 1. The lowest BCUT2D eigenvalue weighted by atomic mass is 10.1. The molecule has 6 nitrogen and oxygen atoms in total. The van der Waals surface area contributed by atoms with Crippen LogP contribution in [0.1, 0.15) is 32.0 Å². The van der Waals surface area contributed by atoms with Gasteiger partial charge in [0.15, 0.2) is 5.82 Å². The topological polar surface area (TPSA) is 71.3 Å². The highest BCUT2D eigenvalue weighted by atomic mass is 16.5. The molecule has 1 aliphatic rings. The van der Waals surface area contributed by atoms with Crippen LogP contribution < -0.4 is 5.32 Å². The van der Waals surface area contributed by atoms with E-state index in [2.05, 4.69) is 35.9 Å². The molecule has 20 heavy (non-hydrogen) atoms. The summed E-state index contributed by atoms with van der Waals surface area (Å²) in [6.45, 7) is 9.74. The van der Waals surface area contributed by atoms with Crippen LogP contribution in [0.4, 0.5) is 4.79 Å². The predicted molar refractivity (Wildman–Crippen MR) is 75.0 cm³/mol. The number of carbonyl (C=O) groups excluding carboxylic acids is 1. The zero-order valence-electron chi connectivity index (χ0n) is 12.1. The Morgan fingerprint density at radius 1 is 1.65 bits per heavy atom. The van der Waals surface area contributed by atoms with Gasteiger partial charge in [0, 0.05) is 19.5 Å². The number of hydrogen-bond acceptors (Lipinski definition) is 4. The Morgan fingerprint density at radius 3 is 3.10 bits per heavy atom. The lowest BCUT2D eigenvalue weighted by Gasteiger charge is -2.15. The highest BCUT2D eigenvalue weighted by molar-refractivity contribution is 5.74. The third kappa shape index (κ3) is 3.82. The van der Waals surface area contributed by atoms with Crippen molar-refractivity contribution in [1.82, 2.24) is 20.4 Å². The van der Waals surface area contributed by atoms with Crippen LogP contribution in [0.25, 0.3) is 0 Å². The maximum Gasteiger partial charge on any atom is 0.317 e. The second-order valence-corrected chi connectivity index (χ2v) is 5.59. The number of aromatic nitrogens is 2. The SMILES string of the molecule is C=CC1CCN(C(=O)NCc2nc(CC(C)C)no2)C1. The van der Waals surface area contributed by atoms with Gasteiger partial charge < -0.3 is 14.7 Å². The predicted octanol–water partition coefficient (Wildman–Crippen LogP) is 1.99. The van der Waals surface area contributed by atoms with E-state index < -0.39 is 0 Å². The van der Waals surface area contributed by atoms with Crippen molar-refractivity contribution in [1.29, 1.82) is 0 Å². The van der Waals surface area contributed by atoms with Gasteiger partial charge in [0.25, 0.3) is 0 Å². The van der Waals surface area contributed by atoms with Crippen LogP contribution in [-0.2, 0) is 13.0 Å². The molecule has 1 atom stereocenters. The van der Waals surface area contributed by atoms with Crippen LogP contribution in [-0.4, -0.2) is 34.2 Å². The third-order valence-electron chi connectivity index (χ3n) is 3.34. The van der Waals surface area contributed by atoms with Crippen molar-refractivity contribution in [2.24, 2.45) is 11.8 Å². The molecule has 1 unspecified atom stereocenters. The Hall–Kier alpha value is -1.85. The molecule has 2 amide bonds. The summed E-state index contributed by atoms with van der Waals surface area (Å²) in [4.78, 5) is 18.0. The first kappa shape index (κ1) is 14.6. The van der Waals surface area contributed by atoms with Gasteiger partial charge in [-0.1, -0.05) is 25.1 Å². The van der Waals surface area contributed by atoms with Gasteiger partial charge in [0.2, 0.25) is 5.89 Å². The van der Waals surface area contributed by atoms with Gasteiger partial charge in [-0.2, -0.15) is 4.98 Å². The minimum absolute atomic E-state index is 0.0852. The highest BCUT2D eigenvalue weighted by Crippen LogP contribution is 2.16. The van der Waals surface area contributed by atoms with Gasteiger partial charge in [0.05, 0.1) is 6.54 Å². The van der Waals surface area contributed by atoms with E-state index in [1.54, 1.807) is 4.90 Å². The number of amides is 2. The van der Waals surface area contributed by atoms with Crippen LogP contribution >= 0.6 is 0 Å². The maximum absolute atomic E-state index is 12.0. The Kier molecular flexibility index (Phi) is 4.76. The molecule has 1 aromatic rings. The number of rotatable bonds is 5. The van der Waals surface area contributed by atoms with Gasteiger partial charge in [-0.3, -0.25) is 0 Å². The second kappa shape index (κ2) is 6.54. The van der Waals surface area contributed by atoms with Gasteiger partial charge in [0.1, 0.15) is 0 Å². The molecule has 0 bridgehead atoms. The van der Waals surface area contributed by atoms with Crippen molar-refractivity contribution in [3.63, 3.8) is 0 Å². The molecule has 1 fully saturated rings. The van der Waals surface area contributed by atoms with Crippen LogP contribution in [0.3, 0.4) is 0 Å². The van der Waals surface area contributed by atoms with Gasteiger partial charge in [-0.15, -0.1) is 6.58 Å². The maximum atomic E-state index is 12.0. The van der Waals surface area contributed by atoms with E-state index in [1.165, 1.54) is 0 Å². The zero-order chi connectivity index (χ0) is 14.5. The molecule has 1 saturated heterocycles. The smallest absolute Gasteiger partial charge is 0.317 e. The van der Waals surface area contributed by atoms with Crippen LogP contribution in [0.2, 0.25) is 0 Å². The monoisotopic (exact) mass is 278 g/mol. The average molecular weight is 278 g/mol. The Morgan fingerprint density at radius 2 is 2.45 bits per heavy atom. The fraction of sp³-hybridized carbons (Fsp3) is 0.643. The van der Waals surface area contributed by atoms with Crippen molar-refractivity contribution in [3.05, 3.63) is 24.4 Å². The second-order valence-electron chi connectivity index (χ2n) is 5.59. The van der Waals surface area contributed by atoms with E-state index in [4.69, 9.17) is 4.52 Å². The quantitative estimate of drug-likeness (QED) is 0.836.